The van der Waals surface area contributed by atoms with Crippen LogP contribution in [-0.4, -0.2) is 16.9 Å². The topological polar surface area (TPSA) is 40.6 Å². The van der Waals surface area contributed by atoms with Crippen LogP contribution in [0.5, 0.6) is 0 Å². The number of benzene rings is 3. The van der Waals surface area contributed by atoms with Crippen LogP contribution in [0.1, 0.15) is 5.56 Å². The van der Waals surface area contributed by atoms with E-state index in [1.165, 1.54) is 9.80 Å². The first-order chi connectivity index (χ1) is 14.1. The highest BCUT2D eigenvalue weighted by Gasteiger charge is 2.41. The molecule has 0 aromatic heterocycles. The Morgan fingerprint density at radius 1 is 0.724 bits per heavy atom. The molecule has 0 saturated carbocycles. The maximum absolute atomic E-state index is 13.3. The van der Waals surface area contributed by atoms with E-state index < -0.39 is 11.8 Å². The van der Waals surface area contributed by atoms with Crippen LogP contribution in [0.3, 0.4) is 0 Å². The second-order valence-electron chi connectivity index (χ2n) is 6.35. The maximum atomic E-state index is 13.3. The monoisotopic (exact) mass is 418 g/mol. The van der Waals surface area contributed by atoms with E-state index in [0.29, 0.717) is 22.0 Å². The van der Waals surface area contributed by atoms with E-state index in [1.54, 1.807) is 54.6 Å². The molecule has 6 heteroatoms. The fourth-order valence-electron chi connectivity index (χ4n) is 3.10. The van der Waals surface area contributed by atoms with Crippen molar-refractivity contribution in [2.45, 2.75) is 0 Å². The Kier molecular flexibility index (Phi) is 5.25. The van der Waals surface area contributed by atoms with Crippen LogP contribution in [0.2, 0.25) is 5.02 Å². The van der Waals surface area contributed by atoms with Gasteiger partial charge in [-0.15, -0.1) is 0 Å². The standard InChI is InChI=1S/C23H15ClN2O2S/c24-17-9-7-8-16(14-17)15-20-21(27)25(18-10-3-1-4-11-18)23(29)26(22(20)28)19-12-5-2-6-13-19/h1-15H. The van der Waals surface area contributed by atoms with Gasteiger partial charge in [0, 0.05) is 5.02 Å². The van der Waals surface area contributed by atoms with Gasteiger partial charge >= 0.3 is 0 Å². The smallest absolute Gasteiger partial charge is 0.268 e. The lowest BCUT2D eigenvalue weighted by Crippen LogP contribution is -2.56. The van der Waals surface area contributed by atoms with Crippen molar-refractivity contribution < 1.29 is 9.59 Å². The van der Waals surface area contributed by atoms with Gasteiger partial charge in [-0.25, -0.2) is 0 Å². The Bertz CT molecular complexity index is 1070. The molecule has 1 aliphatic heterocycles. The van der Waals surface area contributed by atoms with E-state index in [2.05, 4.69) is 0 Å². The predicted molar refractivity (Wildman–Crippen MR) is 120 cm³/mol. The predicted octanol–water partition coefficient (Wildman–Crippen LogP) is 5.09. The average molecular weight is 419 g/mol. The molecule has 0 N–H and O–H groups in total. The van der Waals surface area contributed by atoms with Crippen LogP contribution in [0.15, 0.2) is 90.5 Å². The van der Waals surface area contributed by atoms with Gasteiger partial charge < -0.3 is 0 Å². The van der Waals surface area contributed by atoms with Gasteiger partial charge in [-0.2, -0.15) is 0 Å². The number of thiocarbonyl (C=S) groups is 1. The molecule has 1 aliphatic rings. The molecule has 29 heavy (non-hydrogen) atoms. The molecule has 0 radical (unpaired) electrons. The summed E-state index contributed by atoms with van der Waals surface area (Å²) in [4.78, 5) is 29.4. The van der Waals surface area contributed by atoms with Crippen molar-refractivity contribution >= 4 is 58.2 Å². The number of carbonyl (C=O) groups is 2. The van der Waals surface area contributed by atoms with Crippen LogP contribution >= 0.6 is 23.8 Å². The number of rotatable bonds is 3. The van der Waals surface area contributed by atoms with Gasteiger partial charge in [-0.05, 0) is 60.3 Å². The highest BCUT2D eigenvalue weighted by atomic mass is 35.5. The summed E-state index contributed by atoms with van der Waals surface area (Å²) in [5.41, 5.74) is 1.84. The Hall–Kier alpha value is -3.28. The molecule has 0 spiro atoms. The zero-order valence-electron chi connectivity index (χ0n) is 15.2. The Morgan fingerprint density at radius 2 is 1.24 bits per heavy atom. The number of carbonyl (C=O) groups excluding carboxylic acids is 2. The third kappa shape index (κ3) is 3.70. The fourth-order valence-corrected chi connectivity index (χ4v) is 3.68. The summed E-state index contributed by atoms with van der Waals surface area (Å²) in [6.07, 6.45) is 1.55. The molecule has 1 heterocycles. The van der Waals surface area contributed by atoms with Crippen LogP contribution in [0.25, 0.3) is 6.08 Å². The fraction of sp³-hybridized carbons (Fsp3) is 0. The van der Waals surface area contributed by atoms with Crippen molar-refractivity contribution in [2.75, 3.05) is 9.80 Å². The maximum Gasteiger partial charge on any atom is 0.270 e. The summed E-state index contributed by atoms with van der Waals surface area (Å²) < 4.78 is 0. The summed E-state index contributed by atoms with van der Waals surface area (Å²) in [6, 6.07) is 25.0. The van der Waals surface area contributed by atoms with E-state index in [1.807, 2.05) is 36.4 Å². The third-order valence-electron chi connectivity index (χ3n) is 4.44. The van der Waals surface area contributed by atoms with Gasteiger partial charge in [0.05, 0.1) is 11.4 Å². The van der Waals surface area contributed by atoms with Crippen molar-refractivity contribution in [1.82, 2.24) is 0 Å². The van der Waals surface area contributed by atoms with Crippen LogP contribution < -0.4 is 9.80 Å². The molecule has 0 unspecified atom stereocenters. The number of hydrogen-bond acceptors (Lipinski definition) is 3. The third-order valence-corrected chi connectivity index (χ3v) is 5.04. The lowest BCUT2D eigenvalue weighted by molar-refractivity contribution is -0.120. The first kappa shape index (κ1) is 19.1. The molecule has 1 fully saturated rings. The summed E-state index contributed by atoms with van der Waals surface area (Å²) in [7, 11) is 0. The highest BCUT2D eigenvalue weighted by molar-refractivity contribution is 7.81. The number of amides is 2. The largest absolute Gasteiger partial charge is 0.270 e. The minimum atomic E-state index is -0.474. The van der Waals surface area contributed by atoms with E-state index in [4.69, 9.17) is 23.8 Å². The second-order valence-corrected chi connectivity index (χ2v) is 7.15. The van der Waals surface area contributed by atoms with Gasteiger partial charge in [0.2, 0.25) is 0 Å². The lowest BCUT2D eigenvalue weighted by atomic mass is 10.0. The molecule has 3 aromatic carbocycles. The first-order valence-corrected chi connectivity index (χ1v) is 9.65. The summed E-state index contributed by atoms with van der Waals surface area (Å²) >= 11 is 11.6. The van der Waals surface area contributed by atoms with E-state index >= 15 is 0 Å². The SMILES string of the molecule is O=C1C(=Cc2cccc(Cl)c2)C(=O)N(c2ccccc2)C(=S)N1c1ccccc1. The Labute approximate surface area is 178 Å². The molecular weight excluding hydrogens is 404 g/mol. The lowest BCUT2D eigenvalue weighted by Gasteiger charge is -2.36. The van der Waals surface area contributed by atoms with E-state index in [-0.39, 0.29) is 10.7 Å². The van der Waals surface area contributed by atoms with Gasteiger partial charge in [0.15, 0.2) is 5.11 Å². The quantitative estimate of drug-likeness (QED) is 0.338. The normalized spacial score (nSPS) is 14.4. The summed E-state index contributed by atoms with van der Waals surface area (Å²) in [5, 5.41) is 0.631. The number of hydrogen-bond donors (Lipinski definition) is 0. The highest BCUT2D eigenvalue weighted by Crippen LogP contribution is 2.29. The molecule has 142 valence electrons. The summed E-state index contributed by atoms with van der Waals surface area (Å²) in [5.74, 6) is -0.947. The van der Waals surface area contributed by atoms with Crippen LogP contribution in [-0.2, 0) is 9.59 Å². The minimum Gasteiger partial charge on any atom is -0.268 e. The number of para-hydroxylation sites is 2. The Morgan fingerprint density at radius 3 is 1.72 bits per heavy atom. The van der Waals surface area contributed by atoms with Crippen molar-refractivity contribution in [3.63, 3.8) is 0 Å². The molecule has 0 aliphatic carbocycles. The number of nitrogens with zero attached hydrogens (tertiary/aromatic N) is 2. The molecule has 2 amide bonds. The van der Waals surface area contributed by atoms with E-state index in [0.717, 1.165) is 0 Å². The van der Waals surface area contributed by atoms with Gasteiger partial charge in [-0.1, -0.05) is 60.1 Å². The van der Waals surface area contributed by atoms with Gasteiger partial charge in [-0.3, -0.25) is 19.4 Å². The van der Waals surface area contributed by atoms with Crippen LogP contribution in [0, 0.1) is 0 Å². The molecule has 3 aromatic rings. The number of anilines is 2. The number of halogens is 1. The molecule has 4 rings (SSSR count). The van der Waals surface area contributed by atoms with Crippen molar-refractivity contribution in [1.29, 1.82) is 0 Å². The van der Waals surface area contributed by atoms with Gasteiger partial charge in [0.1, 0.15) is 5.57 Å². The zero-order chi connectivity index (χ0) is 20.4. The second kappa shape index (κ2) is 7.99. The van der Waals surface area contributed by atoms with Gasteiger partial charge in [0.25, 0.3) is 11.8 Å². The van der Waals surface area contributed by atoms with Crippen LogP contribution in [0.4, 0.5) is 11.4 Å². The van der Waals surface area contributed by atoms with Crippen molar-refractivity contribution in [3.05, 3.63) is 101 Å². The molecular formula is C23H15ClN2O2S. The zero-order valence-corrected chi connectivity index (χ0v) is 16.7. The first-order valence-electron chi connectivity index (χ1n) is 8.86. The van der Waals surface area contributed by atoms with Crippen molar-refractivity contribution in [2.24, 2.45) is 0 Å². The molecule has 0 bridgehead atoms. The Balaban J connectivity index is 1.87. The molecule has 0 atom stereocenters. The minimum absolute atomic E-state index is 0.00794. The molecule has 1 saturated heterocycles. The van der Waals surface area contributed by atoms with Crippen molar-refractivity contribution in [3.8, 4) is 0 Å². The average Bonchev–Trinajstić information content (AvgIpc) is 2.73. The summed E-state index contributed by atoms with van der Waals surface area (Å²) in [6.45, 7) is 0. The molecule has 4 nitrogen and oxygen atoms in total. The van der Waals surface area contributed by atoms with E-state index in [9.17, 15) is 9.59 Å².